The maximum Gasteiger partial charge on any atom is 0.309 e. The zero-order valence-corrected chi connectivity index (χ0v) is 7.75. The summed E-state index contributed by atoms with van der Waals surface area (Å²) in [6, 6.07) is 0. The van der Waals surface area contributed by atoms with E-state index >= 15 is 0 Å². The molecule has 0 amide bonds. The number of fused-ring (bicyclic) bond motifs is 1. The number of rotatable bonds is 0. The Kier molecular flexibility index (Phi) is 1.85. The number of hydrogen-bond acceptors (Lipinski definition) is 2. The van der Waals surface area contributed by atoms with E-state index in [1.165, 1.54) is 12.8 Å². The molecule has 0 aromatic carbocycles. The minimum atomic E-state index is 0.0584. The lowest BCUT2D eigenvalue weighted by Crippen LogP contribution is -2.37. The molecule has 1 saturated heterocycles. The molecule has 1 aliphatic heterocycles. The van der Waals surface area contributed by atoms with Gasteiger partial charge in [0.05, 0.1) is 12.5 Å². The molecule has 0 aromatic heterocycles. The highest BCUT2D eigenvalue weighted by Crippen LogP contribution is 2.44. The van der Waals surface area contributed by atoms with Crippen molar-refractivity contribution in [2.24, 2.45) is 23.7 Å². The lowest BCUT2D eigenvalue weighted by Gasteiger charge is -2.31. The quantitative estimate of drug-likeness (QED) is 0.516. The molecule has 0 N–H and O–H groups in total. The molecule has 1 unspecified atom stereocenters. The van der Waals surface area contributed by atoms with Gasteiger partial charge in [-0.3, -0.25) is 4.79 Å². The van der Waals surface area contributed by atoms with Crippen LogP contribution in [-0.2, 0) is 9.53 Å². The Hall–Kier alpha value is -0.530. The first-order valence-electron chi connectivity index (χ1n) is 4.87. The number of hydrogen-bond donors (Lipinski definition) is 0. The summed E-state index contributed by atoms with van der Waals surface area (Å²) >= 11 is 0. The topological polar surface area (TPSA) is 26.3 Å². The molecule has 2 aliphatic rings. The molecule has 1 aliphatic carbocycles. The molecule has 4 atom stereocenters. The van der Waals surface area contributed by atoms with Crippen LogP contribution in [0.15, 0.2) is 0 Å². The van der Waals surface area contributed by atoms with E-state index in [9.17, 15) is 4.79 Å². The molecule has 68 valence electrons. The number of cyclic esters (lactones) is 1. The zero-order chi connectivity index (χ0) is 8.72. The predicted octanol–water partition coefficient (Wildman–Crippen LogP) is 1.84. The smallest absolute Gasteiger partial charge is 0.309 e. The van der Waals surface area contributed by atoms with Gasteiger partial charge in [-0.2, -0.15) is 0 Å². The number of ether oxygens (including phenoxy) is 1. The Bertz CT molecular complexity index is 200. The summed E-state index contributed by atoms with van der Waals surface area (Å²) in [5.41, 5.74) is 0. The van der Waals surface area contributed by atoms with Crippen molar-refractivity contribution in [3.63, 3.8) is 0 Å². The SMILES string of the molecule is CC1CC[C@H]2[C@@H]1C(=O)OC[C@@H]2C. The van der Waals surface area contributed by atoms with Gasteiger partial charge < -0.3 is 4.74 Å². The van der Waals surface area contributed by atoms with Crippen molar-refractivity contribution in [1.29, 1.82) is 0 Å². The fourth-order valence-corrected chi connectivity index (χ4v) is 2.72. The van der Waals surface area contributed by atoms with Gasteiger partial charge >= 0.3 is 5.97 Å². The standard InChI is InChI=1S/C10H16O2/c1-6-3-4-8-7(2)5-12-10(11)9(6)8/h6-9H,3-5H2,1-2H3/t6?,7-,8+,9+/m0/s1. The summed E-state index contributed by atoms with van der Waals surface area (Å²) < 4.78 is 5.14. The second-order valence-electron chi connectivity index (χ2n) is 4.35. The number of carbonyl (C=O) groups excluding carboxylic acids is 1. The van der Waals surface area contributed by atoms with Gasteiger partial charge in [0.15, 0.2) is 0 Å². The Morgan fingerprint density at radius 2 is 2.00 bits per heavy atom. The first kappa shape index (κ1) is 8.09. The molecule has 2 rings (SSSR count). The third-order valence-corrected chi connectivity index (χ3v) is 3.52. The summed E-state index contributed by atoms with van der Waals surface area (Å²) in [7, 11) is 0. The van der Waals surface area contributed by atoms with Crippen LogP contribution in [0.5, 0.6) is 0 Å². The van der Waals surface area contributed by atoms with E-state index in [1.54, 1.807) is 0 Å². The Morgan fingerprint density at radius 3 is 2.67 bits per heavy atom. The molecule has 0 radical (unpaired) electrons. The third kappa shape index (κ3) is 1.05. The normalized spacial score (nSPS) is 47.0. The van der Waals surface area contributed by atoms with E-state index in [2.05, 4.69) is 13.8 Å². The fraction of sp³-hybridized carbons (Fsp3) is 0.900. The summed E-state index contributed by atoms with van der Waals surface area (Å²) in [6.45, 7) is 5.01. The van der Waals surface area contributed by atoms with Gasteiger partial charge in [0, 0.05) is 0 Å². The minimum absolute atomic E-state index is 0.0584. The second-order valence-corrected chi connectivity index (χ2v) is 4.35. The zero-order valence-electron chi connectivity index (χ0n) is 7.75. The molecule has 1 saturated carbocycles. The van der Waals surface area contributed by atoms with Crippen LogP contribution in [0.3, 0.4) is 0 Å². The van der Waals surface area contributed by atoms with Gasteiger partial charge in [0.1, 0.15) is 0 Å². The first-order valence-corrected chi connectivity index (χ1v) is 4.87. The maximum atomic E-state index is 11.4. The first-order chi connectivity index (χ1) is 5.70. The molecule has 2 heteroatoms. The summed E-state index contributed by atoms with van der Waals surface area (Å²) in [6.07, 6.45) is 2.43. The highest BCUT2D eigenvalue weighted by atomic mass is 16.5. The van der Waals surface area contributed by atoms with Crippen molar-refractivity contribution in [2.75, 3.05) is 6.61 Å². The van der Waals surface area contributed by atoms with Crippen LogP contribution >= 0.6 is 0 Å². The van der Waals surface area contributed by atoms with Crippen LogP contribution < -0.4 is 0 Å². The number of esters is 1. The van der Waals surface area contributed by atoms with Crippen molar-refractivity contribution in [1.82, 2.24) is 0 Å². The maximum absolute atomic E-state index is 11.4. The molecule has 1 heterocycles. The van der Waals surface area contributed by atoms with E-state index in [4.69, 9.17) is 4.74 Å². The van der Waals surface area contributed by atoms with E-state index in [1.807, 2.05) is 0 Å². The van der Waals surface area contributed by atoms with Crippen LogP contribution in [0.4, 0.5) is 0 Å². The van der Waals surface area contributed by atoms with Crippen molar-refractivity contribution in [2.45, 2.75) is 26.7 Å². The van der Waals surface area contributed by atoms with Gasteiger partial charge in [-0.15, -0.1) is 0 Å². The third-order valence-electron chi connectivity index (χ3n) is 3.52. The summed E-state index contributed by atoms with van der Waals surface area (Å²) in [4.78, 5) is 11.4. The average Bonchev–Trinajstić information content (AvgIpc) is 2.42. The minimum Gasteiger partial charge on any atom is -0.465 e. The molecular weight excluding hydrogens is 152 g/mol. The molecule has 0 spiro atoms. The van der Waals surface area contributed by atoms with Crippen molar-refractivity contribution < 1.29 is 9.53 Å². The van der Waals surface area contributed by atoms with Gasteiger partial charge in [-0.05, 0) is 30.6 Å². The van der Waals surface area contributed by atoms with Crippen molar-refractivity contribution in [3.8, 4) is 0 Å². The lowest BCUT2D eigenvalue weighted by atomic mass is 9.81. The summed E-state index contributed by atoms with van der Waals surface area (Å²) in [5, 5.41) is 0. The van der Waals surface area contributed by atoms with Crippen molar-refractivity contribution in [3.05, 3.63) is 0 Å². The van der Waals surface area contributed by atoms with Gasteiger partial charge in [0.2, 0.25) is 0 Å². The largest absolute Gasteiger partial charge is 0.465 e. The van der Waals surface area contributed by atoms with E-state index in [0.29, 0.717) is 24.4 Å². The lowest BCUT2D eigenvalue weighted by molar-refractivity contribution is -0.160. The average molecular weight is 168 g/mol. The molecular formula is C10H16O2. The predicted molar refractivity (Wildman–Crippen MR) is 45.5 cm³/mol. The van der Waals surface area contributed by atoms with Gasteiger partial charge in [-0.1, -0.05) is 13.8 Å². The molecule has 2 nitrogen and oxygen atoms in total. The Morgan fingerprint density at radius 1 is 1.25 bits per heavy atom. The van der Waals surface area contributed by atoms with Crippen LogP contribution in [0.1, 0.15) is 26.7 Å². The monoisotopic (exact) mass is 168 g/mol. The van der Waals surface area contributed by atoms with E-state index in [-0.39, 0.29) is 11.9 Å². The van der Waals surface area contributed by atoms with Crippen LogP contribution in [-0.4, -0.2) is 12.6 Å². The van der Waals surface area contributed by atoms with Crippen LogP contribution in [0.25, 0.3) is 0 Å². The Balaban J connectivity index is 2.18. The molecule has 12 heavy (non-hydrogen) atoms. The second kappa shape index (κ2) is 2.75. The Labute approximate surface area is 73.3 Å². The van der Waals surface area contributed by atoms with Crippen molar-refractivity contribution >= 4 is 5.97 Å². The van der Waals surface area contributed by atoms with Crippen LogP contribution in [0.2, 0.25) is 0 Å². The van der Waals surface area contributed by atoms with E-state index < -0.39 is 0 Å². The number of carbonyl (C=O) groups is 1. The highest BCUT2D eigenvalue weighted by molar-refractivity contribution is 5.74. The van der Waals surface area contributed by atoms with Crippen LogP contribution in [0, 0.1) is 23.7 Å². The molecule has 2 fully saturated rings. The van der Waals surface area contributed by atoms with E-state index in [0.717, 1.165) is 0 Å². The molecule has 0 bridgehead atoms. The fourth-order valence-electron chi connectivity index (χ4n) is 2.72. The van der Waals surface area contributed by atoms with Gasteiger partial charge in [-0.25, -0.2) is 0 Å². The molecule has 0 aromatic rings. The summed E-state index contributed by atoms with van der Waals surface area (Å²) in [5.74, 6) is 2.01. The van der Waals surface area contributed by atoms with Gasteiger partial charge in [0.25, 0.3) is 0 Å². The highest BCUT2D eigenvalue weighted by Gasteiger charge is 2.45.